The van der Waals surface area contributed by atoms with E-state index < -0.39 is 0 Å². The Kier molecular flexibility index (Phi) is 5.86. The maximum atomic E-state index is 12.4. The Morgan fingerprint density at radius 1 is 1.42 bits per heavy atom. The molecule has 0 spiro atoms. The van der Waals surface area contributed by atoms with Crippen LogP contribution in [0.15, 0.2) is 10.6 Å². The van der Waals surface area contributed by atoms with Crippen LogP contribution in [0.3, 0.4) is 0 Å². The summed E-state index contributed by atoms with van der Waals surface area (Å²) in [6.45, 7) is 5.64. The van der Waals surface area contributed by atoms with Crippen LogP contribution < -0.4 is 10.6 Å². The van der Waals surface area contributed by atoms with Gasteiger partial charge in [0.25, 0.3) is 0 Å². The molecule has 3 heterocycles. The summed E-state index contributed by atoms with van der Waals surface area (Å²) in [7, 11) is 2.04. The van der Waals surface area contributed by atoms with Crippen molar-refractivity contribution >= 4 is 5.91 Å². The molecule has 2 aliphatic heterocycles. The van der Waals surface area contributed by atoms with Crippen molar-refractivity contribution < 1.29 is 14.1 Å². The molecule has 2 unspecified atom stereocenters. The SMILES string of the molecule is Cc1cc(CC2COCC2NC(=O)CN(C)C2CCNCC2)on1. The molecular formula is C17H28N4O3. The van der Waals surface area contributed by atoms with Gasteiger partial charge >= 0.3 is 0 Å². The van der Waals surface area contributed by atoms with Crippen molar-refractivity contribution in [1.82, 2.24) is 20.7 Å². The minimum Gasteiger partial charge on any atom is -0.379 e. The second kappa shape index (κ2) is 8.09. The van der Waals surface area contributed by atoms with Crippen LogP contribution in [0.2, 0.25) is 0 Å². The van der Waals surface area contributed by atoms with Gasteiger partial charge in [-0.05, 0) is 39.9 Å². The fraction of sp³-hybridized carbons (Fsp3) is 0.765. The van der Waals surface area contributed by atoms with Gasteiger partial charge in [-0.3, -0.25) is 9.69 Å². The van der Waals surface area contributed by atoms with Gasteiger partial charge in [0.05, 0.1) is 31.5 Å². The molecule has 24 heavy (non-hydrogen) atoms. The van der Waals surface area contributed by atoms with Crippen LogP contribution in [0, 0.1) is 12.8 Å². The van der Waals surface area contributed by atoms with Crippen LogP contribution in [0.5, 0.6) is 0 Å². The third-order valence-corrected chi connectivity index (χ3v) is 5.01. The van der Waals surface area contributed by atoms with Gasteiger partial charge in [-0.1, -0.05) is 5.16 Å². The van der Waals surface area contributed by atoms with Gasteiger partial charge in [0.15, 0.2) is 0 Å². The molecule has 134 valence electrons. The fourth-order valence-corrected chi connectivity index (χ4v) is 3.59. The first-order chi connectivity index (χ1) is 11.6. The largest absolute Gasteiger partial charge is 0.379 e. The topological polar surface area (TPSA) is 79.6 Å². The molecule has 1 aromatic rings. The number of rotatable bonds is 6. The Morgan fingerprint density at radius 2 is 2.21 bits per heavy atom. The summed E-state index contributed by atoms with van der Waals surface area (Å²) < 4.78 is 10.9. The molecule has 2 atom stereocenters. The highest BCUT2D eigenvalue weighted by atomic mass is 16.5. The zero-order chi connectivity index (χ0) is 16.9. The van der Waals surface area contributed by atoms with Gasteiger partial charge in [0.2, 0.25) is 5.91 Å². The molecule has 0 aliphatic carbocycles. The molecule has 0 saturated carbocycles. The number of aromatic nitrogens is 1. The number of carbonyl (C=O) groups excluding carboxylic acids is 1. The van der Waals surface area contributed by atoms with Crippen LogP contribution in [-0.2, 0) is 16.0 Å². The van der Waals surface area contributed by atoms with E-state index in [1.54, 1.807) is 0 Å². The van der Waals surface area contributed by atoms with Crippen LogP contribution in [0.4, 0.5) is 0 Å². The number of hydrogen-bond acceptors (Lipinski definition) is 6. The third kappa shape index (κ3) is 4.55. The van der Waals surface area contributed by atoms with E-state index in [0.717, 1.165) is 43.8 Å². The predicted octanol–water partition coefficient (Wildman–Crippen LogP) is 0.341. The van der Waals surface area contributed by atoms with Gasteiger partial charge in [-0.25, -0.2) is 0 Å². The van der Waals surface area contributed by atoms with E-state index in [2.05, 4.69) is 20.7 Å². The van der Waals surface area contributed by atoms with Crippen molar-refractivity contribution in [3.8, 4) is 0 Å². The summed E-state index contributed by atoms with van der Waals surface area (Å²) >= 11 is 0. The van der Waals surface area contributed by atoms with Crippen LogP contribution in [0.25, 0.3) is 0 Å². The van der Waals surface area contributed by atoms with Crippen molar-refractivity contribution in [2.75, 3.05) is 39.9 Å². The molecule has 1 aromatic heterocycles. The lowest BCUT2D eigenvalue weighted by Crippen LogP contribution is -2.48. The third-order valence-electron chi connectivity index (χ3n) is 5.01. The maximum absolute atomic E-state index is 12.4. The van der Waals surface area contributed by atoms with E-state index >= 15 is 0 Å². The Bertz CT molecular complexity index is 542. The second-order valence-corrected chi connectivity index (χ2v) is 7.01. The second-order valence-electron chi connectivity index (χ2n) is 7.01. The first-order valence-corrected chi connectivity index (χ1v) is 8.82. The smallest absolute Gasteiger partial charge is 0.234 e. The molecule has 3 rings (SSSR count). The first-order valence-electron chi connectivity index (χ1n) is 8.82. The molecule has 1 amide bonds. The highest BCUT2D eigenvalue weighted by Crippen LogP contribution is 2.20. The quantitative estimate of drug-likeness (QED) is 0.780. The summed E-state index contributed by atoms with van der Waals surface area (Å²) in [5, 5.41) is 10.4. The summed E-state index contributed by atoms with van der Waals surface area (Å²) in [6, 6.07) is 2.48. The number of likely N-dealkylation sites (N-methyl/N-ethyl adjacent to an activating group) is 1. The molecule has 0 aromatic carbocycles. The highest BCUT2D eigenvalue weighted by molar-refractivity contribution is 5.78. The van der Waals surface area contributed by atoms with Crippen molar-refractivity contribution in [3.05, 3.63) is 17.5 Å². The molecule has 2 fully saturated rings. The van der Waals surface area contributed by atoms with Crippen LogP contribution >= 0.6 is 0 Å². The molecular weight excluding hydrogens is 308 g/mol. The maximum Gasteiger partial charge on any atom is 0.234 e. The predicted molar refractivity (Wildman–Crippen MR) is 89.7 cm³/mol. The number of nitrogens with zero attached hydrogens (tertiary/aromatic N) is 2. The van der Waals surface area contributed by atoms with Crippen molar-refractivity contribution in [3.63, 3.8) is 0 Å². The molecule has 0 bridgehead atoms. The number of amides is 1. The Labute approximate surface area is 143 Å². The average molecular weight is 336 g/mol. The Hall–Kier alpha value is -1.44. The van der Waals surface area contributed by atoms with Crippen molar-refractivity contribution in [2.45, 2.75) is 38.3 Å². The van der Waals surface area contributed by atoms with Crippen molar-refractivity contribution in [1.29, 1.82) is 0 Å². The minimum atomic E-state index is 0.0457. The van der Waals surface area contributed by atoms with E-state index in [1.807, 2.05) is 20.0 Å². The van der Waals surface area contributed by atoms with Crippen molar-refractivity contribution in [2.24, 2.45) is 5.92 Å². The molecule has 2 aliphatic rings. The summed E-state index contributed by atoms with van der Waals surface area (Å²) in [6.07, 6.45) is 2.95. The minimum absolute atomic E-state index is 0.0457. The summed E-state index contributed by atoms with van der Waals surface area (Å²) in [5.74, 6) is 1.17. The molecule has 2 N–H and O–H groups in total. The van der Waals surface area contributed by atoms with Gasteiger partial charge in [0, 0.05) is 24.4 Å². The van der Waals surface area contributed by atoms with E-state index in [4.69, 9.17) is 9.26 Å². The van der Waals surface area contributed by atoms with Gasteiger partial charge in [0.1, 0.15) is 5.76 Å². The number of hydrogen-bond donors (Lipinski definition) is 2. The summed E-state index contributed by atoms with van der Waals surface area (Å²) in [5.41, 5.74) is 0.882. The van der Waals surface area contributed by atoms with E-state index in [1.165, 1.54) is 0 Å². The number of ether oxygens (including phenoxy) is 1. The normalized spacial score (nSPS) is 25.3. The van der Waals surface area contributed by atoms with E-state index in [0.29, 0.717) is 25.8 Å². The molecule has 7 nitrogen and oxygen atoms in total. The van der Waals surface area contributed by atoms with Gasteiger partial charge < -0.3 is 19.9 Å². The van der Waals surface area contributed by atoms with Gasteiger partial charge in [-0.2, -0.15) is 0 Å². The highest BCUT2D eigenvalue weighted by Gasteiger charge is 2.31. The van der Waals surface area contributed by atoms with E-state index in [9.17, 15) is 4.79 Å². The molecule has 2 saturated heterocycles. The zero-order valence-electron chi connectivity index (χ0n) is 14.6. The molecule has 7 heteroatoms. The van der Waals surface area contributed by atoms with Crippen LogP contribution in [-0.4, -0.2) is 67.9 Å². The first kappa shape index (κ1) is 17.4. The van der Waals surface area contributed by atoms with E-state index in [-0.39, 0.29) is 17.9 Å². The standard InChI is InChI=1S/C17H28N4O3/c1-12-7-15(24-20-12)8-13-10-23-11-16(13)19-17(22)9-21(2)14-3-5-18-6-4-14/h7,13-14,16,18H,3-6,8-11H2,1-2H3,(H,19,22). The summed E-state index contributed by atoms with van der Waals surface area (Å²) in [4.78, 5) is 14.6. The lowest BCUT2D eigenvalue weighted by atomic mass is 9.98. The molecule has 0 radical (unpaired) electrons. The van der Waals surface area contributed by atoms with Gasteiger partial charge in [-0.15, -0.1) is 0 Å². The lowest BCUT2D eigenvalue weighted by Gasteiger charge is -2.31. The number of carbonyl (C=O) groups is 1. The fourth-order valence-electron chi connectivity index (χ4n) is 3.59. The monoisotopic (exact) mass is 336 g/mol. The number of piperidine rings is 1. The lowest BCUT2D eigenvalue weighted by molar-refractivity contribution is -0.123. The average Bonchev–Trinajstić information content (AvgIpc) is 3.18. The Morgan fingerprint density at radius 3 is 2.92 bits per heavy atom. The number of nitrogens with one attached hydrogen (secondary N) is 2. The van der Waals surface area contributed by atoms with Crippen LogP contribution in [0.1, 0.15) is 24.3 Å². The number of aryl methyl sites for hydroxylation is 1. The Balaban J connectivity index is 1.47. The zero-order valence-corrected chi connectivity index (χ0v) is 14.6.